The van der Waals surface area contributed by atoms with Crippen LogP contribution in [0.1, 0.15) is 92.4 Å². The molecule has 0 aliphatic heterocycles. The molecule has 0 spiro atoms. The Morgan fingerprint density at radius 1 is 1.12 bits per heavy atom. The minimum atomic E-state index is -1.05. The van der Waals surface area contributed by atoms with Gasteiger partial charge in [0.15, 0.2) is 0 Å². The number of rotatable bonds is 6. The van der Waals surface area contributed by atoms with Crippen molar-refractivity contribution < 1.29 is 15.0 Å². The Morgan fingerprint density at radius 2 is 1.82 bits per heavy atom. The normalized spacial score (nSPS) is 41.4. The van der Waals surface area contributed by atoms with Crippen LogP contribution in [0.25, 0.3) is 0 Å². The highest BCUT2D eigenvalue weighted by atomic mass is 16.4. The number of aliphatic hydroxyl groups excluding tert-OH is 1. The lowest BCUT2D eigenvalue weighted by molar-refractivity contribution is -0.174. The Hall–Kier alpha value is -1.35. The van der Waals surface area contributed by atoms with E-state index in [2.05, 4.69) is 34.3 Å². The molecule has 2 N–H and O–H groups in total. The number of fused-ring (bicyclic) bond motifs is 4. The number of carbonyl (C=O) groups is 1. The molecule has 184 valence electrons. The van der Waals surface area contributed by atoms with E-state index in [1.54, 1.807) is 18.1 Å². The molecule has 0 radical (unpaired) electrons. The Kier molecular flexibility index (Phi) is 6.53. The minimum absolute atomic E-state index is 0.00943. The van der Waals surface area contributed by atoms with Crippen molar-refractivity contribution in [2.75, 3.05) is 0 Å². The van der Waals surface area contributed by atoms with Crippen LogP contribution in [-0.4, -0.2) is 22.3 Å². The first-order valence-electron chi connectivity index (χ1n) is 13.4. The van der Waals surface area contributed by atoms with Crippen LogP contribution in [-0.2, 0) is 4.79 Å². The maximum absolute atomic E-state index is 12.4. The van der Waals surface area contributed by atoms with Crippen LogP contribution in [0, 0.1) is 46.3 Å². The molecular weight excluding hydrogens is 408 g/mol. The van der Waals surface area contributed by atoms with Crippen molar-refractivity contribution in [3.05, 3.63) is 35.5 Å². The van der Waals surface area contributed by atoms with E-state index in [1.807, 2.05) is 0 Å². The average molecular weight is 455 g/mol. The molecule has 4 rings (SSSR count). The Labute approximate surface area is 201 Å². The van der Waals surface area contributed by atoms with E-state index in [-0.39, 0.29) is 11.3 Å². The monoisotopic (exact) mass is 454 g/mol. The van der Waals surface area contributed by atoms with E-state index in [1.165, 1.54) is 30.4 Å². The van der Waals surface area contributed by atoms with Gasteiger partial charge in [-0.15, -0.1) is 0 Å². The van der Waals surface area contributed by atoms with Crippen LogP contribution in [0.5, 0.6) is 0 Å². The summed E-state index contributed by atoms with van der Waals surface area (Å²) in [5.41, 5.74) is 4.86. The van der Waals surface area contributed by atoms with Crippen molar-refractivity contribution in [3.63, 3.8) is 0 Å². The molecule has 2 fully saturated rings. The standard InChI is InChI=1S/C30H46O3/c1-17(2)18(3)8-9-19(4)21-10-11-22-23-12-13-26-29(6,25(23)16-24(22)20(21)5)15-14-27(31)30(26,7)28(32)33/h17,19,21-22,24,26-27,31H,3,5,8-16H2,1-2,4,6-7H3,(H,32,33). The largest absolute Gasteiger partial charge is 0.481 e. The van der Waals surface area contributed by atoms with Gasteiger partial charge in [0.25, 0.3) is 0 Å². The fourth-order valence-corrected chi connectivity index (χ4v) is 8.41. The van der Waals surface area contributed by atoms with Gasteiger partial charge in [0.05, 0.1) is 11.5 Å². The van der Waals surface area contributed by atoms with Gasteiger partial charge in [0.2, 0.25) is 0 Å². The quantitative estimate of drug-likeness (QED) is 0.418. The maximum atomic E-state index is 12.4. The zero-order valence-corrected chi connectivity index (χ0v) is 21.6. The molecule has 4 aliphatic carbocycles. The number of allylic oxidation sites excluding steroid dienone is 4. The van der Waals surface area contributed by atoms with Crippen molar-refractivity contribution in [1.82, 2.24) is 0 Å². The van der Waals surface area contributed by atoms with E-state index in [0.29, 0.717) is 36.0 Å². The third-order valence-electron chi connectivity index (χ3n) is 10.9. The molecule has 8 unspecified atom stereocenters. The van der Waals surface area contributed by atoms with Crippen LogP contribution in [0.2, 0.25) is 0 Å². The van der Waals surface area contributed by atoms with Crippen LogP contribution in [0.3, 0.4) is 0 Å². The molecule has 0 heterocycles. The number of carboxylic acid groups (broad SMARTS) is 1. The Morgan fingerprint density at radius 3 is 2.45 bits per heavy atom. The Bertz CT molecular complexity index is 866. The molecule has 0 saturated heterocycles. The molecule has 4 aliphatic rings. The van der Waals surface area contributed by atoms with Gasteiger partial charge >= 0.3 is 5.97 Å². The smallest absolute Gasteiger partial charge is 0.312 e. The molecule has 0 aromatic carbocycles. The van der Waals surface area contributed by atoms with Gasteiger partial charge in [-0.2, -0.15) is 0 Å². The molecule has 8 atom stereocenters. The van der Waals surface area contributed by atoms with Gasteiger partial charge in [0.1, 0.15) is 0 Å². The molecule has 33 heavy (non-hydrogen) atoms. The zero-order chi connectivity index (χ0) is 24.3. The second-order valence-corrected chi connectivity index (χ2v) is 12.7. The van der Waals surface area contributed by atoms with Crippen molar-refractivity contribution >= 4 is 5.97 Å². The number of hydrogen-bond acceptors (Lipinski definition) is 2. The fourth-order valence-electron chi connectivity index (χ4n) is 8.41. The summed E-state index contributed by atoms with van der Waals surface area (Å²) in [6.07, 6.45) is 8.50. The lowest BCUT2D eigenvalue weighted by Gasteiger charge is -2.55. The van der Waals surface area contributed by atoms with Gasteiger partial charge in [-0.3, -0.25) is 4.79 Å². The highest BCUT2D eigenvalue weighted by Crippen LogP contribution is 2.66. The van der Waals surface area contributed by atoms with E-state index < -0.39 is 17.5 Å². The van der Waals surface area contributed by atoms with E-state index >= 15 is 0 Å². The maximum Gasteiger partial charge on any atom is 0.312 e. The number of aliphatic hydroxyl groups is 1. The molecule has 3 heteroatoms. The van der Waals surface area contributed by atoms with Crippen LogP contribution in [0.4, 0.5) is 0 Å². The summed E-state index contributed by atoms with van der Waals surface area (Å²) in [6, 6.07) is 0. The third-order valence-corrected chi connectivity index (χ3v) is 10.9. The van der Waals surface area contributed by atoms with E-state index in [0.717, 1.165) is 32.1 Å². The first-order chi connectivity index (χ1) is 15.4. The second kappa shape index (κ2) is 8.70. The summed E-state index contributed by atoms with van der Waals surface area (Å²) in [6.45, 7) is 20.0. The number of aliphatic carboxylic acids is 1. The van der Waals surface area contributed by atoms with Gasteiger partial charge < -0.3 is 10.2 Å². The predicted molar refractivity (Wildman–Crippen MR) is 135 cm³/mol. The highest BCUT2D eigenvalue weighted by Gasteiger charge is 2.61. The lowest BCUT2D eigenvalue weighted by Crippen LogP contribution is -2.57. The van der Waals surface area contributed by atoms with Crippen molar-refractivity contribution in [1.29, 1.82) is 0 Å². The van der Waals surface area contributed by atoms with Gasteiger partial charge in [-0.25, -0.2) is 0 Å². The van der Waals surface area contributed by atoms with Gasteiger partial charge in [-0.05, 0) is 106 Å². The van der Waals surface area contributed by atoms with Gasteiger partial charge in [0, 0.05) is 0 Å². The summed E-state index contributed by atoms with van der Waals surface area (Å²) in [5, 5.41) is 20.9. The number of hydrogen-bond donors (Lipinski definition) is 2. The molecule has 3 nitrogen and oxygen atoms in total. The molecule has 0 bridgehead atoms. The van der Waals surface area contributed by atoms with Crippen molar-refractivity contribution in [3.8, 4) is 0 Å². The Balaban J connectivity index is 1.53. The summed E-state index contributed by atoms with van der Waals surface area (Å²) in [4.78, 5) is 12.4. The third kappa shape index (κ3) is 3.77. The second-order valence-electron chi connectivity index (χ2n) is 12.7. The van der Waals surface area contributed by atoms with Crippen molar-refractivity contribution in [2.24, 2.45) is 46.3 Å². The van der Waals surface area contributed by atoms with Crippen LogP contribution < -0.4 is 0 Å². The molecule has 0 aromatic rings. The van der Waals surface area contributed by atoms with E-state index in [9.17, 15) is 15.0 Å². The summed E-state index contributed by atoms with van der Waals surface area (Å²) < 4.78 is 0. The highest BCUT2D eigenvalue weighted by molar-refractivity contribution is 5.76. The lowest BCUT2D eigenvalue weighted by atomic mass is 9.49. The summed E-state index contributed by atoms with van der Waals surface area (Å²) >= 11 is 0. The van der Waals surface area contributed by atoms with Crippen molar-refractivity contribution in [2.45, 2.75) is 98.5 Å². The fraction of sp³-hybridized carbons (Fsp3) is 0.767. The van der Waals surface area contributed by atoms with E-state index in [4.69, 9.17) is 6.58 Å². The molecule has 2 saturated carbocycles. The summed E-state index contributed by atoms with van der Waals surface area (Å²) in [7, 11) is 0. The first-order valence-corrected chi connectivity index (χ1v) is 13.4. The zero-order valence-electron chi connectivity index (χ0n) is 21.6. The average Bonchev–Trinajstić information content (AvgIpc) is 3.15. The molecule has 0 aromatic heterocycles. The molecular formula is C30H46O3. The minimum Gasteiger partial charge on any atom is -0.481 e. The van der Waals surface area contributed by atoms with Gasteiger partial charge in [-0.1, -0.05) is 63.1 Å². The summed E-state index contributed by atoms with van der Waals surface area (Å²) in [5.74, 6) is 2.11. The SMILES string of the molecule is C=C(CCC(C)C1CCC2C3=C(CC2C1=C)C1(C)CCC(O)C(C)(C(=O)O)C1CC3)C(C)C. The predicted octanol–water partition coefficient (Wildman–Crippen LogP) is 7.18. The number of carboxylic acids is 1. The molecule has 0 amide bonds. The first kappa shape index (κ1) is 24.8. The van der Waals surface area contributed by atoms with Crippen LogP contribution in [0.15, 0.2) is 35.5 Å². The van der Waals surface area contributed by atoms with Crippen LogP contribution >= 0.6 is 0 Å². The topological polar surface area (TPSA) is 57.5 Å².